The molecule has 1 saturated carbocycles. The van der Waals surface area contributed by atoms with Gasteiger partial charge in [-0.15, -0.1) is 0 Å². The number of nitrogens with zero attached hydrogens (tertiary/aromatic N) is 3. The summed E-state index contributed by atoms with van der Waals surface area (Å²) in [6.45, 7) is 1.75. The third-order valence-corrected chi connectivity index (χ3v) is 5.62. The number of carbonyl (C=O) groups is 2. The Morgan fingerprint density at radius 1 is 1.29 bits per heavy atom. The van der Waals surface area contributed by atoms with E-state index in [9.17, 15) is 9.59 Å². The Balaban J connectivity index is 1.45. The lowest BCUT2D eigenvalue weighted by Crippen LogP contribution is -2.31. The molecule has 2 amide bonds. The Morgan fingerprint density at radius 2 is 2.11 bits per heavy atom. The molecule has 0 bridgehead atoms. The van der Waals surface area contributed by atoms with Crippen LogP contribution in [0.25, 0.3) is 10.9 Å². The maximum Gasteiger partial charge on any atom is 0.271 e. The normalized spacial score (nSPS) is 22.8. The van der Waals surface area contributed by atoms with E-state index in [4.69, 9.17) is 4.74 Å². The molecule has 3 aromatic rings. The molecule has 0 unspecified atom stereocenters. The van der Waals surface area contributed by atoms with Crippen molar-refractivity contribution in [2.75, 3.05) is 20.3 Å². The number of nitrogens with one attached hydrogen (secondary N) is 3. The number of hydrogen-bond acceptors (Lipinski definition) is 5. The molecule has 0 radical (unpaired) electrons. The van der Waals surface area contributed by atoms with Crippen LogP contribution in [0.15, 0.2) is 30.5 Å². The fraction of sp³-hybridized carbons (Fsp3) is 0.368. The largest absolute Gasteiger partial charge is 0.381 e. The first-order valence-corrected chi connectivity index (χ1v) is 9.25. The predicted octanol–water partition coefficient (Wildman–Crippen LogP) is 0.542. The topological polar surface area (TPSA) is 114 Å². The molecule has 2 aliphatic rings. The fourth-order valence-electron chi connectivity index (χ4n) is 3.97. The van der Waals surface area contributed by atoms with Crippen LogP contribution in [0.2, 0.25) is 0 Å². The summed E-state index contributed by atoms with van der Waals surface area (Å²) >= 11 is 0. The number of hydrogen-bond donors (Lipinski definition) is 3. The monoisotopic (exact) mass is 380 g/mol. The smallest absolute Gasteiger partial charge is 0.271 e. The lowest BCUT2D eigenvalue weighted by atomic mass is 10.1. The van der Waals surface area contributed by atoms with Crippen molar-refractivity contribution in [3.05, 3.63) is 47.4 Å². The van der Waals surface area contributed by atoms with E-state index in [0.29, 0.717) is 37.3 Å². The van der Waals surface area contributed by atoms with Gasteiger partial charge in [-0.2, -0.15) is 10.2 Å². The highest BCUT2D eigenvalue weighted by atomic mass is 16.5. The molecule has 9 heteroatoms. The van der Waals surface area contributed by atoms with Gasteiger partial charge in [0.1, 0.15) is 5.69 Å². The molecule has 2 fully saturated rings. The van der Waals surface area contributed by atoms with E-state index < -0.39 is 0 Å². The van der Waals surface area contributed by atoms with Gasteiger partial charge in [0, 0.05) is 36.4 Å². The van der Waals surface area contributed by atoms with Gasteiger partial charge in [0.05, 0.1) is 31.5 Å². The van der Waals surface area contributed by atoms with E-state index in [1.54, 1.807) is 24.0 Å². The van der Waals surface area contributed by atoms with Crippen molar-refractivity contribution in [3.63, 3.8) is 0 Å². The Labute approximate surface area is 160 Å². The van der Waals surface area contributed by atoms with Gasteiger partial charge in [-0.1, -0.05) is 12.1 Å². The molecule has 1 aliphatic heterocycles. The van der Waals surface area contributed by atoms with Crippen molar-refractivity contribution in [2.24, 2.45) is 11.8 Å². The number of aromatic nitrogens is 4. The molecule has 2 aromatic heterocycles. The first-order chi connectivity index (χ1) is 13.7. The van der Waals surface area contributed by atoms with Crippen LogP contribution < -0.4 is 10.6 Å². The maximum atomic E-state index is 12.9. The van der Waals surface area contributed by atoms with Crippen molar-refractivity contribution in [2.45, 2.75) is 12.6 Å². The SMILES string of the molecule is CNC(=O)c1cc(C(=O)N[C@H]2[C@@H]3COC[C@@H]32)n(Cc2cccc3[nH]ncc23)n1. The van der Waals surface area contributed by atoms with Gasteiger partial charge in [-0.3, -0.25) is 19.4 Å². The number of carbonyl (C=O) groups excluding carboxylic acids is 2. The van der Waals surface area contributed by atoms with Gasteiger partial charge in [0.15, 0.2) is 5.69 Å². The van der Waals surface area contributed by atoms with E-state index in [-0.39, 0.29) is 23.6 Å². The minimum absolute atomic E-state index is 0.144. The van der Waals surface area contributed by atoms with E-state index in [2.05, 4.69) is 25.9 Å². The van der Waals surface area contributed by atoms with E-state index in [1.807, 2.05) is 18.2 Å². The summed E-state index contributed by atoms with van der Waals surface area (Å²) in [5.41, 5.74) is 2.45. The standard InChI is InChI=1S/C19H20N6O3/c1-20-18(26)15-5-16(19(27)22-17-12-8-28-9-13(12)17)25(24-15)7-10-3-2-4-14-11(10)6-21-23-14/h2-6,12-13,17H,7-9H2,1H3,(H,20,26)(H,21,23)(H,22,27)/t12-,13+,17+. The number of benzene rings is 1. The van der Waals surface area contributed by atoms with E-state index in [1.165, 1.54) is 0 Å². The van der Waals surface area contributed by atoms with Crippen LogP contribution in [0.3, 0.4) is 0 Å². The summed E-state index contributed by atoms with van der Waals surface area (Å²) in [5, 5.41) is 18.0. The molecule has 0 spiro atoms. The van der Waals surface area contributed by atoms with Crippen molar-refractivity contribution >= 4 is 22.7 Å². The average molecular weight is 380 g/mol. The highest BCUT2D eigenvalue weighted by molar-refractivity contribution is 5.98. The van der Waals surface area contributed by atoms with Crippen molar-refractivity contribution in [1.82, 2.24) is 30.6 Å². The minimum Gasteiger partial charge on any atom is -0.381 e. The second-order valence-corrected chi connectivity index (χ2v) is 7.26. The van der Waals surface area contributed by atoms with Gasteiger partial charge >= 0.3 is 0 Å². The second kappa shape index (κ2) is 6.45. The van der Waals surface area contributed by atoms with Crippen LogP contribution in [-0.4, -0.2) is 58.1 Å². The molecule has 5 rings (SSSR count). The van der Waals surface area contributed by atoms with Crippen LogP contribution in [0.4, 0.5) is 0 Å². The molecule has 3 N–H and O–H groups in total. The van der Waals surface area contributed by atoms with Crippen LogP contribution in [-0.2, 0) is 11.3 Å². The second-order valence-electron chi connectivity index (χ2n) is 7.26. The Morgan fingerprint density at radius 3 is 2.89 bits per heavy atom. The molecule has 1 aliphatic carbocycles. The minimum atomic E-state index is -0.328. The van der Waals surface area contributed by atoms with Crippen LogP contribution in [0.1, 0.15) is 26.5 Å². The Hall–Kier alpha value is -3.20. The number of ether oxygens (including phenoxy) is 1. The summed E-state index contributed by atoms with van der Waals surface area (Å²) in [7, 11) is 1.54. The zero-order chi connectivity index (χ0) is 19.3. The predicted molar refractivity (Wildman–Crippen MR) is 99.9 cm³/mol. The first kappa shape index (κ1) is 16.9. The van der Waals surface area contributed by atoms with Crippen LogP contribution in [0.5, 0.6) is 0 Å². The summed E-state index contributed by atoms with van der Waals surface area (Å²) in [6.07, 6.45) is 1.75. The number of fused-ring (bicyclic) bond motifs is 2. The maximum absolute atomic E-state index is 12.9. The molecule has 1 saturated heterocycles. The van der Waals surface area contributed by atoms with Crippen molar-refractivity contribution in [1.29, 1.82) is 0 Å². The van der Waals surface area contributed by atoms with Gasteiger partial charge in [-0.05, 0) is 11.6 Å². The van der Waals surface area contributed by atoms with Gasteiger partial charge in [-0.25, -0.2) is 0 Å². The molecule has 28 heavy (non-hydrogen) atoms. The van der Waals surface area contributed by atoms with Gasteiger partial charge in [0.25, 0.3) is 11.8 Å². The number of amides is 2. The molecule has 9 nitrogen and oxygen atoms in total. The Bertz CT molecular complexity index is 1060. The van der Waals surface area contributed by atoms with E-state index in [0.717, 1.165) is 16.5 Å². The fourth-order valence-corrected chi connectivity index (χ4v) is 3.97. The van der Waals surface area contributed by atoms with Crippen LogP contribution >= 0.6 is 0 Å². The van der Waals surface area contributed by atoms with Gasteiger partial charge in [0.2, 0.25) is 0 Å². The Kier molecular flexibility index (Phi) is 3.90. The van der Waals surface area contributed by atoms with E-state index >= 15 is 0 Å². The zero-order valence-corrected chi connectivity index (χ0v) is 15.3. The highest BCUT2D eigenvalue weighted by Gasteiger charge is 2.55. The zero-order valence-electron chi connectivity index (χ0n) is 15.3. The molecule has 3 atom stereocenters. The summed E-state index contributed by atoms with van der Waals surface area (Å²) in [5.74, 6) is 0.254. The summed E-state index contributed by atoms with van der Waals surface area (Å²) in [4.78, 5) is 25.0. The average Bonchev–Trinajstić information content (AvgIpc) is 3.22. The molecule has 144 valence electrons. The number of H-pyrrole nitrogens is 1. The molecular weight excluding hydrogens is 360 g/mol. The molecule has 3 heterocycles. The first-order valence-electron chi connectivity index (χ1n) is 9.25. The third-order valence-electron chi connectivity index (χ3n) is 5.62. The summed E-state index contributed by atoms with van der Waals surface area (Å²) in [6, 6.07) is 7.50. The quantitative estimate of drug-likeness (QED) is 0.598. The number of rotatable bonds is 5. The molecular formula is C19H20N6O3. The number of aromatic amines is 1. The van der Waals surface area contributed by atoms with Crippen molar-refractivity contribution < 1.29 is 14.3 Å². The third kappa shape index (κ3) is 2.75. The van der Waals surface area contributed by atoms with Crippen LogP contribution in [0, 0.1) is 11.8 Å². The molecule has 1 aromatic carbocycles. The van der Waals surface area contributed by atoms with Crippen molar-refractivity contribution in [3.8, 4) is 0 Å². The highest BCUT2D eigenvalue weighted by Crippen LogP contribution is 2.44. The lowest BCUT2D eigenvalue weighted by molar-refractivity contribution is 0.0917. The van der Waals surface area contributed by atoms with Gasteiger partial charge < -0.3 is 15.4 Å². The summed E-state index contributed by atoms with van der Waals surface area (Å²) < 4.78 is 6.96. The lowest BCUT2D eigenvalue weighted by Gasteiger charge is -2.10.